The first kappa shape index (κ1) is 20.7. The molecule has 0 aromatic carbocycles. The van der Waals surface area contributed by atoms with E-state index in [9.17, 15) is 14.4 Å². The van der Waals surface area contributed by atoms with Gasteiger partial charge in [-0.2, -0.15) is 0 Å². The van der Waals surface area contributed by atoms with Gasteiger partial charge in [-0.05, 0) is 11.4 Å². The van der Waals surface area contributed by atoms with Crippen LogP contribution >= 0.6 is 23.1 Å². The Balaban J connectivity index is 1.70. The van der Waals surface area contributed by atoms with E-state index < -0.39 is 0 Å². The SMILES string of the molecule is COCCNC(=O)CSC1NC(=O)CC(CC(=O)NCc2cccs2)N1. The van der Waals surface area contributed by atoms with Gasteiger partial charge in [0.15, 0.2) is 0 Å². The summed E-state index contributed by atoms with van der Waals surface area (Å²) in [6.45, 7) is 1.40. The van der Waals surface area contributed by atoms with Crippen LogP contribution in [0, 0.1) is 0 Å². The molecule has 1 aliphatic rings. The van der Waals surface area contributed by atoms with Crippen LogP contribution in [0.25, 0.3) is 0 Å². The van der Waals surface area contributed by atoms with E-state index in [1.807, 2.05) is 17.5 Å². The van der Waals surface area contributed by atoms with Gasteiger partial charge < -0.3 is 20.7 Å². The van der Waals surface area contributed by atoms with Crippen molar-refractivity contribution in [3.05, 3.63) is 22.4 Å². The van der Waals surface area contributed by atoms with Gasteiger partial charge in [-0.1, -0.05) is 6.07 Å². The molecule has 2 unspecified atom stereocenters. The first-order valence-corrected chi connectivity index (χ1v) is 10.2. The third kappa shape index (κ3) is 7.73. The molecular formula is C16H24N4O4S2. The summed E-state index contributed by atoms with van der Waals surface area (Å²) in [5.74, 6) is -0.151. The summed E-state index contributed by atoms with van der Waals surface area (Å²) in [5.41, 5.74) is -0.389. The molecule has 1 aromatic rings. The van der Waals surface area contributed by atoms with Crippen molar-refractivity contribution in [2.24, 2.45) is 0 Å². The Morgan fingerprint density at radius 1 is 1.38 bits per heavy atom. The van der Waals surface area contributed by atoms with Gasteiger partial charge in [-0.3, -0.25) is 19.7 Å². The van der Waals surface area contributed by atoms with E-state index >= 15 is 0 Å². The molecule has 2 rings (SSSR count). The van der Waals surface area contributed by atoms with Crippen LogP contribution in [0.1, 0.15) is 17.7 Å². The lowest BCUT2D eigenvalue weighted by molar-refractivity contribution is -0.125. The third-order valence-corrected chi connectivity index (χ3v) is 5.48. The number of carbonyl (C=O) groups is 3. The molecule has 1 saturated heterocycles. The number of thiophene rings is 1. The number of methoxy groups -OCH3 is 1. The van der Waals surface area contributed by atoms with Crippen molar-refractivity contribution in [2.45, 2.75) is 30.9 Å². The van der Waals surface area contributed by atoms with E-state index in [1.54, 1.807) is 18.4 Å². The van der Waals surface area contributed by atoms with E-state index in [-0.39, 0.29) is 47.9 Å². The highest BCUT2D eigenvalue weighted by Gasteiger charge is 2.27. The quantitative estimate of drug-likeness (QED) is 0.412. The number of hydrogen-bond donors (Lipinski definition) is 4. The van der Waals surface area contributed by atoms with Crippen LogP contribution in [-0.2, 0) is 25.7 Å². The highest BCUT2D eigenvalue weighted by molar-refractivity contribution is 8.00. The number of hydrogen-bond acceptors (Lipinski definition) is 7. The second-order valence-corrected chi connectivity index (χ2v) is 7.85. The summed E-state index contributed by atoms with van der Waals surface area (Å²) < 4.78 is 4.87. The second kappa shape index (κ2) is 11.2. The van der Waals surface area contributed by atoms with Crippen LogP contribution in [0.15, 0.2) is 17.5 Å². The first-order valence-electron chi connectivity index (χ1n) is 8.28. The summed E-state index contributed by atoms with van der Waals surface area (Å²) in [5, 5.41) is 13.5. The maximum absolute atomic E-state index is 12.1. The summed E-state index contributed by atoms with van der Waals surface area (Å²) in [7, 11) is 1.57. The van der Waals surface area contributed by atoms with Gasteiger partial charge in [-0.25, -0.2) is 0 Å². The normalized spacial score (nSPS) is 19.7. The number of rotatable bonds is 10. The summed E-state index contributed by atoms with van der Waals surface area (Å²) >= 11 is 2.87. The van der Waals surface area contributed by atoms with E-state index in [2.05, 4.69) is 21.3 Å². The highest BCUT2D eigenvalue weighted by atomic mass is 32.2. The summed E-state index contributed by atoms with van der Waals surface area (Å²) in [4.78, 5) is 36.7. The zero-order valence-electron chi connectivity index (χ0n) is 14.6. The highest BCUT2D eigenvalue weighted by Crippen LogP contribution is 2.14. The molecule has 0 aliphatic carbocycles. The zero-order valence-corrected chi connectivity index (χ0v) is 16.2. The topological polar surface area (TPSA) is 109 Å². The van der Waals surface area contributed by atoms with E-state index in [1.165, 1.54) is 11.8 Å². The van der Waals surface area contributed by atoms with Crippen LogP contribution in [0.5, 0.6) is 0 Å². The van der Waals surface area contributed by atoms with Gasteiger partial charge in [0.05, 0.1) is 18.9 Å². The molecular weight excluding hydrogens is 376 g/mol. The van der Waals surface area contributed by atoms with E-state index in [0.29, 0.717) is 19.7 Å². The number of carbonyl (C=O) groups excluding carboxylic acids is 3. The summed E-state index contributed by atoms with van der Waals surface area (Å²) in [6, 6.07) is 3.65. The number of ether oxygens (including phenoxy) is 1. The number of amides is 3. The molecule has 3 amide bonds. The van der Waals surface area contributed by atoms with Gasteiger partial charge >= 0.3 is 0 Å². The average Bonchev–Trinajstić information content (AvgIpc) is 3.11. The minimum Gasteiger partial charge on any atom is -0.383 e. The predicted molar refractivity (Wildman–Crippen MR) is 102 cm³/mol. The molecule has 144 valence electrons. The fourth-order valence-electron chi connectivity index (χ4n) is 2.36. The van der Waals surface area contributed by atoms with Crippen molar-refractivity contribution in [2.75, 3.05) is 26.0 Å². The van der Waals surface area contributed by atoms with Crippen LogP contribution in [0.4, 0.5) is 0 Å². The molecule has 4 N–H and O–H groups in total. The molecule has 26 heavy (non-hydrogen) atoms. The Morgan fingerprint density at radius 2 is 2.23 bits per heavy atom. The molecule has 2 atom stereocenters. The minimum absolute atomic E-state index is 0.105. The fourth-order valence-corrected chi connectivity index (χ4v) is 3.93. The average molecular weight is 401 g/mol. The minimum atomic E-state index is -0.389. The molecule has 2 heterocycles. The van der Waals surface area contributed by atoms with E-state index in [4.69, 9.17) is 4.74 Å². The molecule has 0 spiro atoms. The van der Waals surface area contributed by atoms with Crippen molar-refractivity contribution < 1.29 is 19.1 Å². The lowest BCUT2D eigenvalue weighted by Crippen LogP contribution is -2.56. The maximum atomic E-state index is 12.1. The van der Waals surface area contributed by atoms with Crippen LogP contribution in [0.2, 0.25) is 0 Å². The second-order valence-electron chi connectivity index (χ2n) is 5.73. The smallest absolute Gasteiger partial charge is 0.230 e. The Hall–Kier alpha value is -1.62. The first-order chi connectivity index (χ1) is 12.6. The lowest BCUT2D eigenvalue weighted by atomic mass is 10.1. The van der Waals surface area contributed by atoms with Gasteiger partial charge in [0.25, 0.3) is 0 Å². The monoisotopic (exact) mass is 400 g/mol. The molecule has 8 nitrogen and oxygen atoms in total. The van der Waals surface area contributed by atoms with Crippen LogP contribution in [-0.4, -0.2) is 55.3 Å². The largest absolute Gasteiger partial charge is 0.383 e. The predicted octanol–water partition coefficient (Wildman–Crippen LogP) is 0.0119. The van der Waals surface area contributed by atoms with Crippen molar-refractivity contribution in [3.63, 3.8) is 0 Å². The molecule has 0 radical (unpaired) electrons. The molecule has 0 saturated carbocycles. The van der Waals surface area contributed by atoms with Crippen LogP contribution in [0.3, 0.4) is 0 Å². The standard InChI is InChI=1S/C16H24N4O4S2/c1-24-5-4-17-15(23)10-26-16-19-11(8-14(22)20-16)7-13(21)18-9-12-3-2-6-25-12/h2-3,6,11,16,19H,4-5,7-10H2,1H3,(H,17,23)(H,18,21)(H,20,22). The Labute approximate surface area is 160 Å². The summed E-state index contributed by atoms with van der Waals surface area (Å²) in [6.07, 6.45) is 0.458. The van der Waals surface area contributed by atoms with Crippen molar-refractivity contribution in [1.29, 1.82) is 0 Å². The van der Waals surface area contributed by atoms with Gasteiger partial charge in [0.2, 0.25) is 17.7 Å². The maximum Gasteiger partial charge on any atom is 0.230 e. The van der Waals surface area contributed by atoms with Crippen molar-refractivity contribution in [1.82, 2.24) is 21.3 Å². The van der Waals surface area contributed by atoms with Gasteiger partial charge in [-0.15, -0.1) is 23.1 Å². The number of thioether (sulfide) groups is 1. The lowest BCUT2D eigenvalue weighted by Gasteiger charge is -2.30. The van der Waals surface area contributed by atoms with E-state index in [0.717, 1.165) is 4.88 Å². The molecule has 1 aliphatic heterocycles. The molecule has 1 aromatic heterocycles. The zero-order chi connectivity index (χ0) is 18.8. The van der Waals surface area contributed by atoms with Crippen molar-refractivity contribution in [3.8, 4) is 0 Å². The molecule has 0 bridgehead atoms. The van der Waals surface area contributed by atoms with Crippen LogP contribution < -0.4 is 21.3 Å². The Bertz CT molecular complexity index is 597. The molecule has 10 heteroatoms. The van der Waals surface area contributed by atoms with Crippen molar-refractivity contribution >= 4 is 40.8 Å². The third-order valence-electron chi connectivity index (χ3n) is 3.59. The molecule has 1 fully saturated rings. The fraction of sp³-hybridized carbons (Fsp3) is 0.562. The van der Waals surface area contributed by atoms with Gasteiger partial charge in [0.1, 0.15) is 5.50 Å². The Kier molecular flexibility index (Phi) is 8.89. The number of nitrogens with one attached hydrogen (secondary N) is 4. The van der Waals surface area contributed by atoms with Gasteiger partial charge in [0, 0.05) is 37.4 Å². The Morgan fingerprint density at radius 3 is 2.96 bits per heavy atom.